The average molecular weight is 481 g/mol. The summed E-state index contributed by atoms with van der Waals surface area (Å²) in [6, 6.07) is 6.19. The molecule has 2 aromatic carbocycles. The van der Waals surface area contributed by atoms with Crippen LogP contribution in [0.1, 0.15) is 11.1 Å². The van der Waals surface area contributed by atoms with Crippen LogP contribution in [0.5, 0.6) is 0 Å². The van der Waals surface area contributed by atoms with Crippen molar-refractivity contribution < 1.29 is 30.8 Å². The van der Waals surface area contributed by atoms with Gasteiger partial charge in [0.2, 0.25) is 15.9 Å². The first-order valence-corrected chi connectivity index (χ1v) is 10.2. The Balaban J connectivity index is 2.32. The summed E-state index contributed by atoms with van der Waals surface area (Å²) in [6.45, 7) is 0. The highest BCUT2D eigenvalue weighted by Gasteiger charge is 2.31. The van der Waals surface area contributed by atoms with Gasteiger partial charge >= 0.3 is 6.18 Å². The molecule has 2 N–H and O–H groups in total. The molecule has 5 nitrogen and oxygen atoms in total. The van der Waals surface area contributed by atoms with Gasteiger partial charge in [-0.25, -0.2) is 12.8 Å². The number of anilines is 2. The Labute approximate surface area is 166 Å². The Morgan fingerprint density at radius 3 is 2.39 bits per heavy atom. The molecule has 0 aliphatic carbocycles. The van der Waals surface area contributed by atoms with Crippen molar-refractivity contribution in [1.29, 1.82) is 0 Å². The SMILES string of the molecule is CS(=O)(=O)Nc1ccc(C(F)(F)F)cc1NC(=O)/C=C/c1cc(Br)ccc1F. The molecule has 0 saturated carbocycles. The maximum atomic E-state index is 13.7. The van der Waals surface area contributed by atoms with Crippen LogP contribution in [0.15, 0.2) is 46.9 Å². The first kappa shape index (κ1) is 21.9. The summed E-state index contributed by atoms with van der Waals surface area (Å²) in [7, 11) is -3.80. The minimum atomic E-state index is -4.70. The van der Waals surface area contributed by atoms with Crippen LogP contribution in [0.2, 0.25) is 0 Å². The Morgan fingerprint density at radius 2 is 1.79 bits per heavy atom. The second kappa shape index (κ2) is 8.31. The molecule has 0 fully saturated rings. The van der Waals surface area contributed by atoms with Crippen LogP contribution in [0.25, 0.3) is 6.08 Å². The molecule has 0 bridgehead atoms. The summed E-state index contributed by atoms with van der Waals surface area (Å²) >= 11 is 3.15. The van der Waals surface area contributed by atoms with Crippen molar-refractivity contribution in [3.05, 3.63) is 63.9 Å². The number of alkyl halides is 3. The molecule has 0 atom stereocenters. The average Bonchev–Trinajstić information content (AvgIpc) is 2.55. The number of sulfonamides is 1. The number of hydrogen-bond donors (Lipinski definition) is 2. The Bertz CT molecular complexity index is 1040. The molecule has 0 aliphatic heterocycles. The van der Waals surface area contributed by atoms with E-state index in [1.54, 1.807) is 0 Å². The number of hydrogen-bond acceptors (Lipinski definition) is 3. The Hall–Kier alpha value is -2.40. The number of carbonyl (C=O) groups excluding carboxylic acids is 1. The fraction of sp³-hybridized carbons (Fsp3) is 0.118. The number of carbonyl (C=O) groups is 1. The maximum absolute atomic E-state index is 13.7. The molecular formula is C17H13BrF4N2O3S. The standard InChI is InChI=1S/C17H13BrF4N2O3S/c1-28(26,27)24-14-6-3-11(17(20,21)22)9-15(14)23-16(25)7-2-10-8-12(18)4-5-13(10)19/h2-9,24H,1H3,(H,23,25)/b7-2+. The van der Waals surface area contributed by atoms with Crippen molar-refractivity contribution >= 4 is 49.3 Å². The molecule has 0 aromatic heterocycles. The summed E-state index contributed by atoms with van der Waals surface area (Å²) in [5.74, 6) is -1.49. The fourth-order valence-corrected chi connectivity index (χ4v) is 3.05. The number of amides is 1. The van der Waals surface area contributed by atoms with E-state index in [2.05, 4.69) is 21.2 Å². The lowest BCUT2D eigenvalue weighted by Gasteiger charge is -2.14. The molecule has 28 heavy (non-hydrogen) atoms. The van der Waals surface area contributed by atoms with Gasteiger partial charge in [-0.15, -0.1) is 0 Å². The molecule has 0 radical (unpaired) electrons. The molecule has 2 aromatic rings. The molecule has 11 heteroatoms. The van der Waals surface area contributed by atoms with E-state index in [9.17, 15) is 30.8 Å². The molecule has 0 saturated heterocycles. The van der Waals surface area contributed by atoms with Crippen LogP contribution in [0.4, 0.5) is 28.9 Å². The second-order valence-corrected chi connectivity index (χ2v) is 8.28. The molecular weight excluding hydrogens is 468 g/mol. The maximum Gasteiger partial charge on any atom is 0.416 e. The zero-order chi connectivity index (χ0) is 21.1. The third kappa shape index (κ3) is 6.34. The lowest BCUT2D eigenvalue weighted by atomic mass is 10.1. The summed E-state index contributed by atoms with van der Waals surface area (Å²) in [6.07, 6.45) is -1.84. The zero-order valence-electron chi connectivity index (χ0n) is 14.1. The van der Waals surface area contributed by atoms with Gasteiger partial charge < -0.3 is 5.32 Å². The highest BCUT2D eigenvalue weighted by Crippen LogP contribution is 2.34. The van der Waals surface area contributed by atoms with Crippen molar-refractivity contribution in [3.8, 4) is 0 Å². The van der Waals surface area contributed by atoms with Crippen LogP contribution in [-0.2, 0) is 21.0 Å². The quantitative estimate of drug-likeness (QED) is 0.483. The van der Waals surface area contributed by atoms with Crippen molar-refractivity contribution in [3.63, 3.8) is 0 Å². The predicted molar refractivity (Wildman–Crippen MR) is 102 cm³/mol. The topological polar surface area (TPSA) is 75.3 Å². The van der Waals surface area contributed by atoms with Crippen LogP contribution in [0.3, 0.4) is 0 Å². The van der Waals surface area contributed by atoms with Gasteiger partial charge in [0.15, 0.2) is 0 Å². The minimum Gasteiger partial charge on any atom is -0.321 e. The highest BCUT2D eigenvalue weighted by molar-refractivity contribution is 9.10. The van der Waals surface area contributed by atoms with E-state index < -0.39 is 39.2 Å². The smallest absolute Gasteiger partial charge is 0.321 e. The number of nitrogens with one attached hydrogen (secondary N) is 2. The van der Waals surface area contributed by atoms with Gasteiger partial charge in [-0.05, 0) is 42.5 Å². The van der Waals surface area contributed by atoms with Crippen molar-refractivity contribution in [2.75, 3.05) is 16.3 Å². The molecule has 0 aliphatic rings. The van der Waals surface area contributed by atoms with E-state index >= 15 is 0 Å². The molecule has 2 rings (SSSR count). The summed E-state index contributed by atoms with van der Waals surface area (Å²) in [4.78, 5) is 12.1. The Morgan fingerprint density at radius 1 is 1.11 bits per heavy atom. The normalized spacial score (nSPS) is 12.2. The van der Waals surface area contributed by atoms with Crippen LogP contribution in [0, 0.1) is 5.82 Å². The monoisotopic (exact) mass is 480 g/mol. The summed E-state index contributed by atoms with van der Waals surface area (Å²) in [5, 5.41) is 2.16. The van der Waals surface area contributed by atoms with Crippen molar-refractivity contribution in [1.82, 2.24) is 0 Å². The van der Waals surface area contributed by atoms with Gasteiger partial charge in [0.25, 0.3) is 0 Å². The third-order valence-corrected chi connectivity index (χ3v) is 4.36. The largest absolute Gasteiger partial charge is 0.416 e. The van der Waals surface area contributed by atoms with Crippen LogP contribution in [-0.4, -0.2) is 20.6 Å². The van der Waals surface area contributed by atoms with Gasteiger partial charge in [0.05, 0.1) is 23.2 Å². The van der Waals surface area contributed by atoms with E-state index in [4.69, 9.17) is 0 Å². The minimum absolute atomic E-state index is 0.0723. The van der Waals surface area contributed by atoms with Gasteiger partial charge in [-0.3, -0.25) is 9.52 Å². The van der Waals surface area contributed by atoms with Gasteiger partial charge in [0, 0.05) is 16.1 Å². The third-order valence-electron chi connectivity index (χ3n) is 3.27. The van der Waals surface area contributed by atoms with Gasteiger partial charge in [-0.1, -0.05) is 15.9 Å². The number of rotatable bonds is 5. The lowest BCUT2D eigenvalue weighted by molar-refractivity contribution is -0.137. The van der Waals surface area contributed by atoms with E-state index in [0.29, 0.717) is 16.6 Å². The van der Waals surface area contributed by atoms with Crippen molar-refractivity contribution in [2.24, 2.45) is 0 Å². The fourth-order valence-electron chi connectivity index (χ4n) is 2.09. The van der Waals surface area contributed by atoms with Crippen molar-refractivity contribution in [2.45, 2.75) is 6.18 Å². The van der Waals surface area contributed by atoms with E-state index in [0.717, 1.165) is 24.5 Å². The molecule has 150 valence electrons. The molecule has 1 amide bonds. The number of halogens is 5. The Kier molecular flexibility index (Phi) is 6.50. The van der Waals surface area contributed by atoms with Gasteiger partial charge in [-0.2, -0.15) is 13.2 Å². The van der Waals surface area contributed by atoms with Crippen LogP contribution < -0.4 is 10.0 Å². The highest BCUT2D eigenvalue weighted by atomic mass is 79.9. The second-order valence-electron chi connectivity index (χ2n) is 5.62. The van der Waals surface area contributed by atoms with Crippen LogP contribution >= 0.6 is 15.9 Å². The molecule has 0 heterocycles. The number of benzene rings is 2. The summed E-state index contributed by atoms with van der Waals surface area (Å²) < 4.78 is 77.8. The molecule has 0 unspecified atom stereocenters. The first-order chi connectivity index (χ1) is 12.8. The van der Waals surface area contributed by atoms with Gasteiger partial charge in [0.1, 0.15) is 5.82 Å². The predicted octanol–water partition coefficient (Wildman–Crippen LogP) is 4.63. The zero-order valence-corrected chi connectivity index (χ0v) is 16.5. The summed E-state index contributed by atoms with van der Waals surface area (Å²) in [5.41, 5.74) is -1.65. The van der Waals surface area contributed by atoms with E-state index in [-0.39, 0.29) is 11.3 Å². The molecule has 0 spiro atoms. The van der Waals surface area contributed by atoms with E-state index in [1.807, 2.05) is 4.72 Å². The van der Waals surface area contributed by atoms with E-state index in [1.165, 1.54) is 18.2 Å². The first-order valence-electron chi connectivity index (χ1n) is 7.48. The lowest BCUT2D eigenvalue weighted by Crippen LogP contribution is -2.16.